The quantitative estimate of drug-likeness (QED) is 0.175. The molecule has 9 nitrogen and oxygen atoms in total. The first kappa shape index (κ1) is 31.5. The summed E-state index contributed by atoms with van der Waals surface area (Å²) >= 11 is 1.66. The van der Waals surface area contributed by atoms with Gasteiger partial charge in [-0.15, -0.1) is 0 Å². The van der Waals surface area contributed by atoms with Crippen LogP contribution in [-0.2, 0) is 39.3 Å². The normalized spacial score (nSPS) is 19.9. The fourth-order valence-electron chi connectivity index (χ4n) is 5.16. The van der Waals surface area contributed by atoms with E-state index in [2.05, 4.69) is 17.2 Å². The monoisotopic (exact) mass is 615 g/mol. The summed E-state index contributed by atoms with van der Waals surface area (Å²) in [7, 11) is 1.98. The van der Waals surface area contributed by atoms with E-state index in [0.29, 0.717) is 6.54 Å². The Hall–Kier alpha value is -3.96. The van der Waals surface area contributed by atoms with E-state index in [1.807, 2.05) is 90.6 Å². The summed E-state index contributed by atoms with van der Waals surface area (Å²) in [6.45, 7) is 2.46. The fourth-order valence-corrected chi connectivity index (χ4v) is 6.26. The third-order valence-corrected chi connectivity index (χ3v) is 8.92. The summed E-state index contributed by atoms with van der Waals surface area (Å²) in [6, 6.07) is 23.9. The molecule has 1 aliphatic rings. The Morgan fingerprint density at radius 3 is 2.39 bits per heavy atom. The summed E-state index contributed by atoms with van der Waals surface area (Å²) in [5.41, 5.74) is 5.73. The van der Waals surface area contributed by atoms with Gasteiger partial charge in [0, 0.05) is 49.6 Å². The van der Waals surface area contributed by atoms with Gasteiger partial charge < -0.3 is 29.6 Å². The maximum absolute atomic E-state index is 12.0. The molecule has 4 atom stereocenters. The maximum atomic E-state index is 12.0. The number of thioether (sulfide) groups is 1. The van der Waals surface area contributed by atoms with Crippen molar-refractivity contribution in [2.75, 3.05) is 5.75 Å². The molecule has 1 aliphatic heterocycles. The molecule has 4 aromatic rings. The van der Waals surface area contributed by atoms with Crippen LogP contribution in [0.25, 0.3) is 11.1 Å². The number of hydrogen-bond acceptors (Lipinski definition) is 7. The minimum absolute atomic E-state index is 0.00723. The number of aromatic nitrogens is 2. The highest BCUT2D eigenvalue weighted by molar-refractivity contribution is 7.99. The van der Waals surface area contributed by atoms with Crippen molar-refractivity contribution in [2.45, 2.75) is 56.6 Å². The first-order valence-corrected chi connectivity index (χ1v) is 15.6. The van der Waals surface area contributed by atoms with Gasteiger partial charge in [0.2, 0.25) is 5.91 Å². The van der Waals surface area contributed by atoms with Crippen molar-refractivity contribution in [1.82, 2.24) is 14.9 Å². The summed E-state index contributed by atoms with van der Waals surface area (Å²) in [4.78, 5) is 27.1. The van der Waals surface area contributed by atoms with E-state index in [1.165, 1.54) is 0 Å². The molecule has 0 aliphatic carbocycles. The highest BCUT2D eigenvalue weighted by Crippen LogP contribution is 2.43. The second-order valence-corrected chi connectivity index (χ2v) is 11.9. The number of imidazole rings is 1. The number of aliphatic hydroxyl groups is 1. The highest BCUT2D eigenvalue weighted by Gasteiger charge is 2.38. The highest BCUT2D eigenvalue weighted by atomic mass is 32.2. The second kappa shape index (κ2) is 14.7. The van der Waals surface area contributed by atoms with Crippen LogP contribution in [-0.4, -0.2) is 43.5 Å². The summed E-state index contributed by atoms with van der Waals surface area (Å²) in [5, 5.41) is 22.0. The number of aryl methyl sites for hydroxylation is 1. The molecule has 2 heterocycles. The number of aliphatic carboxylic acids is 1. The molecule has 0 radical (unpaired) electrons. The van der Waals surface area contributed by atoms with Gasteiger partial charge in [0.05, 0.1) is 25.2 Å². The second-order valence-electron chi connectivity index (χ2n) is 10.9. The van der Waals surface area contributed by atoms with E-state index < -0.39 is 12.3 Å². The van der Waals surface area contributed by atoms with Gasteiger partial charge in [-0.25, -0.2) is 4.98 Å². The van der Waals surface area contributed by atoms with Gasteiger partial charge in [0.25, 0.3) is 0 Å². The SMILES string of the molecule is C[C@@H]1[C@H](CSc2nccn2C)O[C@H](c2ccc(-c3cccc(CNC(=O)CCC(=O)O)c3)cc2)O[C@@H]1c1ccc(CO)cc1. The van der Waals surface area contributed by atoms with Gasteiger partial charge in [0.1, 0.15) is 0 Å². The number of hydrogen-bond donors (Lipinski definition) is 3. The summed E-state index contributed by atoms with van der Waals surface area (Å²) in [6.07, 6.45) is 2.63. The minimum atomic E-state index is -0.991. The number of carbonyl (C=O) groups excluding carboxylic acids is 1. The van der Waals surface area contributed by atoms with Crippen LogP contribution in [0.1, 0.15) is 54.4 Å². The molecule has 0 spiro atoms. The molecule has 1 amide bonds. The number of amides is 1. The Morgan fingerprint density at radius 1 is 0.955 bits per heavy atom. The van der Waals surface area contributed by atoms with Gasteiger partial charge in [-0.2, -0.15) is 0 Å². The number of aliphatic hydroxyl groups excluding tert-OH is 1. The minimum Gasteiger partial charge on any atom is -0.481 e. The molecule has 1 saturated heterocycles. The van der Waals surface area contributed by atoms with Crippen LogP contribution in [0.5, 0.6) is 0 Å². The fraction of sp³-hybridized carbons (Fsp3) is 0.324. The number of ether oxygens (including phenoxy) is 2. The van der Waals surface area contributed by atoms with Crippen molar-refractivity contribution in [1.29, 1.82) is 0 Å². The van der Waals surface area contributed by atoms with Crippen LogP contribution in [0.15, 0.2) is 90.3 Å². The number of nitrogens with one attached hydrogen (secondary N) is 1. The van der Waals surface area contributed by atoms with Crippen LogP contribution in [0.2, 0.25) is 0 Å². The zero-order chi connectivity index (χ0) is 31.1. The van der Waals surface area contributed by atoms with E-state index in [4.69, 9.17) is 14.6 Å². The molecule has 5 rings (SSSR count). The Morgan fingerprint density at radius 2 is 1.70 bits per heavy atom. The van der Waals surface area contributed by atoms with Crippen LogP contribution in [0, 0.1) is 5.92 Å². The van der Waals surface area contributed by atoms with Crippen LogP contribution < -0.4 is 5.32 Å². The van der Waals surface area contributed by atoms with Crippen LogP contribution in [0.3, 0.4) is 0 Å². The molecule has 0 saturated carbocycles. The molecule has 230 valence electrons. The average Bonchev–Trinajstić information content (AvgIpc) is 3.46. The molecular formula is C34H37N3O6S. The van der Waals surface area contributed by atoms with Gasteiger partial charge in [-0.05, 0) is 33.9 Å². The molecule has 10 heteroatoms. The number of benzene rings is 3. The smallest absolute Gasteiger partial charge is 0.303 e. The van der Waals surface area contributed by atoms with Crippen molar-refractivity contribution in [3.8, 4) is 11.1 Å². The first-order chi connectivity index (χ1) is 21.3. The van der Waals surface area contributed by atoms with Gasteiger partial charge in [-0.3, -0.25) is 9.59 Å². The number of rotatable bonds is 12. The Balaban J connectivity index is 1.31. The van der Waals surface area contributed by atoms with E-state index >= 15 is 0 Å². The third kappa shape index (κ3) is 7.95. The van der Waals surface area contributed by atoms with Crippen molar-refractivity contribution in [3.05, 3.63) is 107 Å². The van der Waals surface area contributed by atoms with Crippen molar-refractivity contribution in [3.63, 3.8) is 0 Å². The molecular weight excluding hydrogens is 578 g/mol. The zero-order valence-electron chi connectivity index (χ0n) is 24.8. The van der Waals surface area contributed by atoms with E-state index in [-0.39, 0.29) is 43.5 Å². The largest absolute Gasteiger partial charge is 0.481 e. The van der Waals surface area contributed by atoms with E-state index in [0.717, 1.165) is 44.3 Å². The molecule has 0 unspecified atom stereocenters. The van der Waals surface area contributed by atoms with E-state index in [1.54, 1.807) is 18.0 Å². The van der Waals surface area contributed by atoms with Crippen LogP contribution in [0.4, 0.5) is 0 Å². The van der Waals surface area contributed by atoms with Gasteiger partial charge >= 0.3 is 5.97 Å². The Kier molecular flexibility index (Phi) is 10.5. The summed E-state index contributed by atoms with van der Waals surface area (Å²) in [5.74, 6) is -0.488. The van der Waals surface area contributed by atoms with Gasteiger partial charge in [-0.1, -0.05) is 85.4 Å². The lowest BCUT2D eigenvalue weighted by Crippen LogP contribution is -2.38. The predicted octanol–water partition coefficient (Wildman–Crippen LogP) is 5.64. The molecule has 1 aromatic heterocycles. The lowest BCUT2D eigenvalue weighted by atomic mass is 9.91. The number of carbonyl (C=O) groups is 2. The Labute approximate surface area is 261 Å². The lowest BCUT2D eigenvalue weighted by molar-refractivity contribution is -0.268. The van der Waals surface area contributed by atoms with Crippen molar-refractivity contribution >= 4 is 23.6 Å². The first-order valence-electron chi connectivity index (χ1n) is 14.6. The number of nitrogens with zero attached hydrogens (tertiary/aromatic N) is 2. The molecule has 44 heavy (non-hydrogen) atoms. The van der Waals surface area contributed by atoms with Crippen LogP contribution >= 0.6 is 11.8 Å². The number of carboxylic acids is 1. The lowest BCUT2D eigenvalue weighted by Gasteiger charge is -2.41. The standard InChI is InChI=1S/C34H37N3O6S/c1-22-29(21-44-34-35-16-17-37(34)2)42-33(43-32(22)26-8-6-23(20-38)7-9-26)27-12-10-25(11-13-27)28-5-3-4-24(18-28)19-36-30(39)14-15-31(40)41/h3-13,16-18,22,29,32-33,38H,14-15,19-21H2,1-2H3,(H,36,39)(H,40,41)/t22-,29+,32+,33+/m1/s1. The Bertz CT molecular complexity index is 1560. The molecule has 0 bridgehead atoms. The molecule has 3 N–H and O–H groups in total. The third-order valence-electron chi connectivity index (χ3n) is 7.78. The molecule has 3 aromatic carbocycles. The average molecular weight is 616 g/mol. The van der Waals surface area contributed by atoms with Gasteiger partial charge in [0.15, 0.2) is 11.4 Å². The topological polar surface area (TPSA) is 123 Å². The van der Waals surface area contributed by atoms with Crippen molar-refractivity contribution < 1.29 is 29.3 Å². The van der Waals surface area contributed by atoms with Crippen molar-refractivity contribution in [2.24, 2.45) is 13.0 Å². The molecule has 1 fully saturated rings. The predicted molar refractivity (Wildman–Crippen MR) is 167 cm³/mol. The maximum Gasteiger partial charge on any atom is 0.303 e. The van der Waals surface area contributed by atoms with E-state index in [9.17, 15) is 14.7 Å². The number of carboxylic acid groups (broad SMARTS) is 1. The zero-order valence-corrected chi connectivity index (χ0v) is 25.6. The summed E-state index contributed by atoms with van der Waals surface area (Å²) < 4.78 is 15.2.